The van der Waals surface area contributed by atoms with Gasteiger partial charge >= 0.3 is 0 Å². The van der Waals surface area contributed by atoms with Crippen molar-refractivity contribution in [2.45, 2.75) is 31.3 Å². The fraction of sp³-hybridized carbons (Fsp3) is 0.375. The first-order valence-electron chi connectivity index (χ1n) is 7.64. The van der Waals surface area contributed by atoms with Crippen molar-refractivity contribution in [2.24, 2.45) is 0 Å². The number of nitrogens with one attached hydrogen (secondary N) is 2. The van der Waals surface area contributed by atoms with E-state index in [0.29, 0.717) is 5.56 Å². The van der Waals surface area contributed by atoms with Crippen LogP contribution >= 0.6 is 0 Å². The lowest BCUT2D eigenvalue weighted by molar-refractivity contribution is -0.406. The summed E-state index contributed by atoms with van der Waals surface area (Å²) in [5.41, 5.74) is 4.20. The van der Waals surface area contributed by atoms with Gasteiger partial charge in [0.1, 0.15) is 0 Å². The molecule has 9 heteroatoms. The smallest absolute Gasteiger partial charge is 0.278 e. The topological polar surface area (TPSA) is 166 Å². The molecule has 0 spiro atoms. The highest BCUT2D eigenvalue weighted by Gasteiger charge is 2.19. The second kappa shape index (κ2) is 10.0. The Hall–Kier alpha value is -2.94. The summed E-state index contributed by atoms with van der Waals surface area (Å²) in [6, 6.07) is 6.60. The molecular weight excluding hydrogens is 330 g/mol. The van der Waals surface area contributed by atoms with Crippen molar-refractivity contribution in [2.75, 3.05) is 6.54 Å². The molecule has 0 aliphatic rings. The molecule has 1 rings (SSSR count). The van der Waals surface area contributed by atoms with E-state index in [2.05, 4.69) is 16.4 Å². The number of hydrogen-bond acceptors (Lipinski definition) is 6. The molecule has 0 heterocycles. The fourth-order valence-electron chi connectivity index (χ4n) is 2.02. The van der Waals surface area contributed by atoms with Crippen molar-refractivity contribution in [1.82, 2.24) is 10.6 Å². The highest BCUT2D eigenvalue weighted by Crippen LogP contribution is 2.02. The molecule has 0 unspecified atom stereocenters. The van der Waals surface area contributed by atoms with Crippen molar-refractivity contribution in [3.05, 3.63) is 35.9 Å². The number of amides is 2. The molecule has 25 heavy (non-hydrogen) atoms. The third kappa shape index (κ3) is 7.93. The lowest BCUT2D eigenvalue weighted by Crippen LogP contribution is -2.68. The molecule has 0 aliphatic heterocycles. The maximum Gasteiger partial charge on any atom is 0.278 e. The van der Waals surface area contributed by atoms with Crippen LogP contribution in [0.3, 0.4) is 0 Å². The van der Waals surface area contributed by atoms with Gasteiger partial charge in [0.25, 0.3) is 5.91 Å². The van der Waals surface area contributed by atoms with Gasteiger partial charge < -0.3 is 36.2 Å². The number of carboxylic acids is 2. The Morgan fingerprint density at radius 1 is 1.08 bits per heavy atom. The number of rotatable bonds is 10. The van der Waals surface area contributed by atoms with Gasteiger partial charge in [-0.05, 0) is 18.4 Å². The van der Waals surface area contributed by atoms with Gasteiger partial charge in [0.2, 0.25) is 5.91 Å². The molecule has 136 valence electrons. The van der Waals surface area contributed by atoms with Crippen LogP contribution in [0.15, 0.2) is 30.3 Å². The molecule has 0 aliphatic carbocycles. The maximum absolute atomic E-state index is 11.8. The Bertz CT molecular complexity index is 620. The molecule has 2 amide bonds. The zero-order chi connectivity index (χ0) is 18.8. The van der Waals surface area contributed by atoms with Gasteiger partial charge in [-0.1, -0.05) is 30.3 Å². The molecule has 1 aromatic carbocycles. The summed E-state index contributed by atoms with van der Waals surface area (Å²) in [7, 11) is 0. The van der Waals surface area contributed by atoms with E-state index in [1.165, 1.54) is 0 Å². The normalized spacial score (nSPS) is 12.7. The number of carboxylic acid groups (broad SMARTS) is 2. The summed E-state index contributed by atoms with van der Waals surface area (Å²) in [6.07, 6.45) is -0.296. The van der Waals surface area contributed by atoms with Crippen LogP contribution in [0.2, 0.25) is 0 Å². The number of aliphatic carboxylic acids is 2. The van der Waals surface area contributed by atoms with Crippen molar-refractivity contribution in [3.8, 4) is 0 Å². The van der Waals surface area contributed by atoms with Crippen LogP contribution in [0.5, 0.6) is 0 Å². The number of hydrogen-bond donors (Lipinski definition) is 3. The van der Waals surface area contributed by atoms with E-state index in [0.717, 1.165) is 0 Å². The predicted molar refractivity (Wildman–Crippen MR) is 81.0 cm³/mol. The molecule has 1 aromatic rings. The van der Waals surface area contributed by atoms with Crippen LogP contribution in [0.25, 0.3) is 0 Å². The molecule has 0 saturated heterocycles. The van der Waals surface area contributed by atoms with E-state index < -0.39 is 42.4 Å². The molecule has 0 saturated carbocycles. The van der Waals surface area contributed by atoms with Crippen molar-refractivity contribution in [3.63, 3.8) is 0 Å². The minimum atomic E-state index is -1.44. The Kier molecular flexibility index (Phi) is 8.07. The molecule has 5 N–H and O–H groups in total. The van der Waals surface area contributed by atoms with E-state index in [4.69, 9.17) is 0 Å². The van der Waals surface area contributed by atoms with Crippen molar-refractivity contribution in [1.29, 1.82) is 0 Å². The zero-order valence-corrected chi connectivity index (χ0v) is 13.5. The molecule has 9 nitrogen and oxygen atoms in total. The maximum atomic E-state index is 11.8. The third-order valence-electron chi connectivity index (χ3n) is 3.39. The molecule has 2 atom stereocenters. The highest BCUT2D eigenvalue weighted by molar-refractivity contribution is 5.88. The lowest BCUT2D eigenvalue weighted by Gasteiger charge is -2.20. The first kappa shape index (κ1) is 20.1. The van der Waals surface area contributed by atoms with Gasteiger partial charge in [0.15, 0.2) is 6.04 Å². The molecule has 0 fully saturated rings. The Balaban J connectivity index is 2.46. The second-order valence-electron chi connectivity index (χ2n) is 5.45. The number of benzene rings is 1. The van der Waals surface area contributed by atoms with Crippen LogP contribution in [-0.2, 0) is 25.6 Å². The van der Waals surface area contributed by atoms with E-state index in [1.807, 2.05) is 0 Å². The summed E-state index contributed by atoms with van der Waals surface area (Å²) in [4.78, 5) is 45.0. The average molecular weight is 350 g/mol. The SMILES string of the molecule is [NH3+][C@H](CCC(=O)[O-])C(=O)NCC(=O)N[C@H](Cc1ccccc1)C(=O)[O-]. The van der Waals surface area contributed by atoms with Crippen LogP contribution in [0.1, 0.15) is 18.4 Å². The molecule has 0 radical (unpaired) electrons. The van der Waals surface area contributed by atoms with E-state index in [9.17, 15) is 29.4 Å². The van der Waals surface area contributed by atoms with Crippen molar-refractivity contribution >= 4 is 23.8 Å². The minimum Gasteiger partial charge on any atom is -0.550 e. The largest absolute Gasteiger partial charge is 0.550 e. The molecule has 0 bridgehead atoms. The molecule has 0 aromatic heterocycles. The van der Waals surface area contributed by atoms with Crippen LogP contribution < -0.4 is 26.6 Å². The van der Waals surface area contributed by atoms with Crippen LogP contribution in [0.4, 0.5) is 0 Å². The second-order valence-corrected chi connectivity index (χ2v) is 5.45. The van der Waals surface area contributed by atoms with E-state index >= 15 is 0 Å². The summed E-state index contributed by atoms with van der Waals surface area (Å²) in [5.74, 6) is -4.04. The highest BCUT2D eigenvalue weighted by atomic mass is 16.4. The Morgan fingerprint density at radius 2 is 1.72 bits per heavy atom. The van der Waals surface area contributed by atoms with Gasteiger partial charge in [0, 0.05) is 12.4 Å². The predicted octanol–water partition coefficient (Wildman–Crippen LogP) is -4.28. The van der Waals surface area contributed by atoms with Crippen LogP contribution in [0, 0.1) is 0 Å². The van der Waals surface area contributed by atoms with Gasteiger partial charge in [-0.3, -0.25) is 9.59 Å². The summed E-state index contributed by atoms with van der Waals surface area (Å²) >= 11 is 0. The van der Waals surface area contributed by atoms with Gasteiger partial charge in [0.05, 0.1) is 18.6 Å². The molecular formula is C16H20N3O6-. The summed E-state index contributed by atoms with van der Waals surface area (Å²) < 4.78 is 0. The number of carbonyl (C=O) groups is 4. The van der Waals surface area contributed by atoms with E-state index in [-0.39, 0.29) is 19.3 Å². The van der Waals surface area contributed by atoms with Gasteiger partial charge in [-0.15, -0.1) is 0 Å². The summed E-state index contributed by atoms with van der Waals surface area (Å²) in [6.45, 7) is -0.450. The van der Waals surface area contributed by atoms with Crippen LogP contribution in [-0.4, -0.2) is 42.4 Å². The first-order chi connectivity index (χ1) is 11.8. The standard InChI is InChI=1S/C16H21N3O6/c17-11(6-7-14(21)22)15(23)18-9-13(20)19-12(16(24)25)8-10-4-2-1-3-5-10/h1-5,11-12H,6-9,17H2,(H,18,23)(H,19,20)(H,21,22)(H,24,25)/p-1/t11-,12-/m1/s1. The van der Waals surface area contributed by atoms with E-state index in [1.54, 1.807) is 30.3 Å². The van der Waals surface area contributed by atoms with Gasteiger partial charge in [-0.2, -0.15) is 0 Å². The quantitative estimate of drug-likeness (QED) is 0.386. The Labute approximate surface area is 144 Å². The zero-order valence-electron chi connectivity index (χ0n) is 13.5. The third-order valence-corrected chi connectivity index (χ3v) is 3.39. The first-order valence-corrected chi connectivity index (χ1v) is 7.64. The minimum absolute atomic E-state index is 0.0224. The van der Waals surface area contributed by atoms with Crippen molar-refractivity contribution < 1.29 is 35.1 Å². The Morgan fingerprint density at radius 3 is 2.28 bits per heavy atom. The number of carbonyl (C=O) groups excluding carboxylic acids is 4. The average Bonchev–Trinajstić information content (AvgIpc) is 2.57. The summed E-state index contributed by atoms with van der Waals surface area (Å²) in [5, 5.41) is 26.0. The lowest BCUT2D eigenvalue weighted by atomic mass is 10.1. The van der Waals surface area contributed by atoms with Gasteiger partial charge in [-0.25, -0.2) is 0 Å². The number of quaternary nitrogens is 1. The monoisotopic (exact) mass is 350 g/mol. The fourth-order valence-corrected chi connectivity index (χ4v) is 2.02.